The molecule has 1 amide bonds. The SMILES string of the molecule is CCN1CCN(c2ccc(F)cc2[C@H](C)NC(=O)c2cc(O)cc(C#N)c2)CC1. The number of benzene rings is 2. The van der Waals surface area contributed by atoms with Crippen molar-refractivity contribution < 1.29 is 14.3 Å². The maximum absolute atomic E-state index is 14.0. The van der Waals surface area contributed by atoms with Gasteiger partial charge in [-0.2, -0.15) is 5.26 Å². The number of phenols is 1. The fraction of sp³-hybridized carbons (Fsp3) is 0.364. The lowest BCUT2D eigenvalue weighted by atomic mass is 10.0. The first kappa shape index (κ1) is 20.6. The zero-order valence-corrected chi connectivity index (χ0v) is 16.7. The molecular formula is C22H25FN4O2. The highest BCUT2D eigenvalue weighted by atomic mass is 19.1. The number of rotatable bonds is 5. The first-order chi connectivity index (χ1) is 13.9. The lowest BCUT2D eigenvalue weighted by Gasteiger charge is -2.37. The number of nitrogens with zero attached hydrogens (tertiary/aromatic N) is 3. The smallest absolute Gasteiger partial charge is 0.251 e. The molecule has 0 aliphatic carbocycles. The van der Waals surface area contributed by atoms with Gasteiger partial charge in [0.15, 0.2) is 0 Å². The highest BCUT2D eigenvalue weighted by Crippen LogP contribution is 2.29. The number of carbonyl (C=O) groups excluding carboxylic acids is 1. The lowest BCUT2D eigenvalue weighted by Crippen LogP contribution is -2.46. The van der Waals surface area contributed by atoms with Crippen LogP contribution in [0.5, 0.6) is 5.75 Å². The normalized spacial score (nSPS) is 15.6. The Hall–Kier alpha value is -3.11. The van der Waals surface area contributed by atoms with Crippen molar-refractivity contribution in [1.82, 2.24) is 10.2 Å². The van der Waals surface area contributed by atoms with E-state index in [0.29, 0.717) is 5.56 Å². The van der Waals surface area contributed by atoms with E-state index >= 15 is 0 Å². The van der Waals surface area contributed by atoms with E-state index in [1.54, 1.807) is 13.0 Å². The molecule has 0 unspecified atom stereocenters. The molecule has 2 aromatic rings. The summed E-state index contributed by atoms with van der Waals surface area (Å²) in [5.74, 6) is -0.945. The third-order valence-corrected chi connectivity index (χ3v) is 5.27. The molecule has 1 fully saturated rings. The van der Waals surface area contributed by atoms with E-state index in [-0.39, 0.29) is 22.7 Å². The molecule has 1 atom stereocenters. The molecule has 1 aliphatic rings. The van der Waals surface area contributed by atoms with E-state index in [1.165, 1.54) is 30.3 Å². The monoisotopic (exact) mass is 396 g/mol. The van der Waals surface area contributed by atoms with Gasteiger partial charge < -0.3 is 20.2 Å². The van der Waals surface area contributed by atoms with Gasteiger partial charge in [0.25, 0.3) is 5.91 Å². The average molecular weight is 396 g/mol. The molecule has 0 aromatic heterocycles. The van der Waals surface area contributed by atoms with Gasteiger partial charge in [0.1, 0.15) is 11.6 Å². The summed E-state index contributed by atoms with van der Waals surface area (Å²) in [4.78, 5) is 17.2. The first-order valence-corrected chi connectivity index (χ1v) is 9.73. The molecule has 3 rings (SSSR count). The number of phenolic OH excluding ortho intramolecular Hbond substituents is 1. The van der Waals surface area contributed by atoms with E-state index in [4.69, 9.17) is 5.26 Å². The number of hydrogen-bond donors (Lipinski definition) is 2. The van der Waals surface area contributed by atoms with Crippen molar-refractivity contribution in [1.29, 1.82) is 5.26 Å². The van der Waals surface area contributed by atoms with Gasteiger partial charge in [-0.3, -0.25) is 4.79 Å². The second kappa shape index (κ2) is 8.93. The fourth-order valence-electron chi connectivity index (χ4n) is 3.63. The zero-order valence-electron chi connectivity index (χ0n) is 16.7. The number of piperazine rings is 1. The predicted octanol–water partition coefficient (Wildman–Crippen LogP) is 3.04. The summed E-state index contributed by atoms with van der Waals surface area (Å²) in [6.45, 7) is 8.49. The molecule has 1 aliphatic heterocycles. The molecule has 0 saturated carbocycles. The topological polar surface area (TPSA) is 79.6 Å². The Morgan fingerprint density at radius 2 is 1.97 bits per heavy atom. The third kappa shape index (κ3) is 4.84. The second-order valence-electron chi connectivity index (χ2n) is 7.20. The summed E-state index contributed by atoms with van der Waals surface area (Å²) in [6.07, 6.45) is 0. The van der Waals surface area contributed by atoms with Crippen LogP contribution < -0.4 is 10.2 Å². The number of nitrogens with one attached hydrogen (secondary N) is 1. The van der Waals surface area contributed by atoms with Gasteiger partial charge in [-0.05, 0) is 49.9 Å². The van der Waals surface area contributed by atoms with Crippen LogP contribution >= 0.6 is 0 Å². The number of carbonyl (C=O) groups is 1. The maximum Gasteiger partial charge on any atom is 0.251 e. The van der Waals surface area contributed by atoms with E-state index in [0.717, 1.165) is 38.4 Å². The number of aromatic hydroxyl groups is 1. The van der Waals surface area contributed by atoms with Crippen molar-refractivity contribution in [3.63, 3.8) is 0 Å². The molecule has 1 heterocycles. The van der Waals surface area contributed by atoms with Crippen molar-refractivity contribution in [2.75, 3.05) is 37.6 Å². The number of hydrogen-bond acceptors (Lipinski definition) is 5. The molecule has 29 heavy (non-hydrogen) atoms. The minimum absolute atomic E-state index is 0.151. The molecule has 0 radical (unpaired) electrons. The van der Waals surface area contributed by atoms with Crippen molar-refractivity contribution in [2.24, 2.45) is 0 Å². The van der Waals surface area contributed by atoms with Gasteiger partial charge in [-0.1, -0.05) is 6.92 Å². The maximum atomic E-state index is 14.0. The molecular weight excluding hydrogens is 371 g/mol. The molecule has 2 aromatic carbocycles. The van der Waals surface area contributed by atoms with Crippen molar-refractivity contribution in [3.05, 3.63) is 58.9 Å². The average Bonchev–Trinajstić information content (AvgIpc) is 2.73. The Bertz CT molecular complexity index is 933. The standard InChI is InChI=1S/C22H25FN4O2/c1-3-26-6-8-27(9-7-26)21-5-4-18(23)13-20(21)15(2)25-22(29)17-10-16(14-24)11-19(28)12-17/h4-5,10-13,15,28H,3,6-9H2,1-2H3,(H,25,29)/t15-/m0/s1. The summed E-state index contributed by atoms with van der Waals surface area (Å²) in [6, 6.07) is 10.1. The predicted molar refractivity (Wildman–Crippen MR) is 109 cm³/mol. The van der Waals surface area contributed by atoms with E-state index < -0.39 is 11.9 Å². The van der Waals surface area contributed by atoms with E-state index in [2.05, 4.69) is 22.0 Å². The highest BCUT2D eigenvalue weighted by molar-refractivity contribution is 5.95. The Kier molecular flexibility index (Phi) is 6.35. The summed E-state index contributed by atoms with van der Waals surface area (Å²) in [5, 5.41) is 21.6. The molecule has 0 bridgehead atoms. The van der Waals surface area contributed by atoms with Gasteiger partial charge in [0, 0.05) is 43.0 Å². The zero-order chi connectivity index (χ0) is 21.0. The van der Waals surface area contributed by atoms with Crippen LogP contribution in [0.4, 0.5) is 10.1 Å². The minimum atomic E-state index is -0.453. The Labute approximate surface area is 170 Å². The Morgan fingerprint density at radius 1 is 1.24 bits per heavy atom. The minimum Gasteiger partial charge on any atom is -0.508 e. The van der Waals surface area contributed by atoms with Crippen molar-refractivity contribution >= 4 is 11.6 Å². The third-order valence-electron chi connectivity index (χ3n) is 5.27. The Balaban J connectivity index is 1.81. The van der Waals surface area contributed by atoms with Crippen LogP contribution in [0.15, 0.2) is 36.4 Å². The van der Waals surface area contributed by atoms with Crippen LogP contribution in [0.3, 0.4) is 0 Å². The summed E-state index contributed by atoms with van der Waals surface area (Å²) in [5.41, 5.74) is 1.98. The highest BCUT2D eigenvalue weighted by Gasteiger charge is 2.22. The quantitative estimate of drug-likeness (QED) is 0.812. The largest absolute Gasteiger partial charge is 0.508 e. The van der Waals surface area contributed by atoms with Gasteiger partial charge >= 0.3 is 0 Å². The van der Waals surface area contributed by atoms with Gasteiger partial charge in [-0.25, -0.2) is 4.39 Å². The van der Waals surface area contributed by atoms with E-state index in [1.807, 2.05) is 6.07 Å². The van der Waals surface area contributed by atoms with Gasteiger partial charge in [-0.15, -0.1) is 0 Å². The van der Waals surface area contributed by atoms with Gasteiger partial charge in [0.2, 0.25) is 0 Å². The summed E-state index contributed by atoms with van der Waals surface area (Å²) < 4.78 is 14.0. The van der Waals surface area contributed by atoms with Crippen LogP contribution in [0.25, 0.3) is 0 Å². The number of halogens is 1. The van der Waals surface area contributed by atoms with Crippen molar-refractivity contribution in [2.45, 2.75) is 19.9 Å². The van der Waals surface area contributed by atoms with Crippen LogP contribution in [0.2, 0.25) is 0 Å². The first-order valence-electron chi connectivity index (χ1n) is 9.73. The fourth-order valence-corrected chi connectivity index (χ4v) is 3.63. The van der Waals surface area contributed by atoms with Crippen LogP contribution in [0, 0.1) is 17.1 Å². The molecule has 1 saturated heterocycles. The Morgan fingerprint density at radius 3 is 2.62 bits per heavy atom. The van der Waals surface area contributed by atoms with Gasteiger partial charge in [0.05, 0.1) is 17.7 Å². The van der Waals surface area contributed by atoms with Crippen LogP contribution in [-0.4, -0.2) is 48.6 Å². The summed E-state index contributed by atoms with van der Waals surface area (Å²) >= 11 is 0. The molecule has 7 heteroatoms. The number of nitriles is 1. The lowest BCUT2D eigenvalue weighted by molar-refractivity contribution is 0.0939. The van der Waals surface area contributed by atoms with Crippen LogP contribution in [-0.2, 0) is 0 Å². The van der Waals surface area contributed by atoms with Crippen molar-refractivity contribution in [3.8, 4) is 11.8 Å². The second-order valence-corrected chi connectivity index (χ2v) is 7.20. The summed E-state index contributed by atoms with van der Waals surface area (Å²) in [7, 11) is 0. The molecule has 0 spiro atoms. The molecule has 152 valence electrons. The number of likely N-dealkylation sites (N-methyl/N-ethyl adjacent to an activating group) is 1. The van der Waals surface area contributed by atoms with E-state index in [9.17, 15) is 14.3 Å². The van der Waals surface area contributed by atoms with Crippen LogP contribution in [0.1, 0.15) is 41.4 Å². The molecule has 2 N–H and O–H groups in total. The number of anilines is 1. The molecule has 6 nitrogen and oxygen atoms in total. The number of amides is 1.